The molecule has 5 heteroatoms. The minimum atomic E-state index is -0.428. The Bertz CT molecular complexity index is 844. The highest BCUT2D eigenvalue weighted by atomic mass is 19.1. The summed E-state index contributed by atoms with van der Waals surface area (Å²) in [5, 5.41) is 2.76. The molecule has 3 rings (SSSR count). The molecule has 1 aromatic heterocycles. The monoisotopic (exact) mass is 324 g/mol. The van der Waals surface area contributed by atoms with E-state index in [4.69, 9.17) is 4.42 Å². The molecule has 3 aromatic rings. The first-order chi connectivity index (χ1) is 11.6. The highest BCUT2D eigenvalue weighted by molar-refractivity contribution is 5.94. The van der Waals surface area contributed by atoms with Gasteiger partial charge in [0.2, 0.25) is 5.89 Å². The molecule has 0 saturated heterocycles. The predicted molar refractivity (Wildman–Crippen MR) is 89.1 cm³/mol. The van der Waals surface area contributed by atoms with Gasteiger partial charge in [-0.2, -0.15) is 0 Å². The standard InChI is InChI=1S/C19H17FN2O2/c1-13-17(22-19(24-13)14-6-3-2-4-7-14)10-11-21-18(23)15-8-5-9-16(20)12-15/h2-9,12H,10-11H2,1H3,(H,21,23). The summed E-state index contributed by atoms with van der Waals surface area (Å²) in [6.45, 7) is 2.25. The van der Waals surface area contributed by atoms with Crippen molar-refractivity contribution in [3.05, 3.63) is 77.4 Å². The Morgan fingerprint density at radius 1 is 1.17 bits per heavy atom. The number of halogens is 1. The largest absolute Gasteiger partial charge is 0.441 e. The number of nitrogens with zero attached hydrogens (tertiary/aromatic N) is 1. The van der Waals surface area contributed by atoms with E-state index in [2.05, 4.69) is 10.3 Å². The van der Waals surface area contributed by atoms with Gasteiger partial charge in [-0.1, -0.05) is 24.3 Å². The van der Waals surface area contributed by atoms with Gasteiger partial charge < -0.3 is 9.73 Å². The van der Waals surface area contributed by atoms with Gasteiger partial charge in [0.1, 0.15) is 11.6 Å². The summed E-state index contributed by atoms with van der Waals surface area (Å²) in [5.74, 6) is 0.565. The van der Waals surface area contributed by atoms with Crippen LogP contribution in [0.4, 0.5) is 4.39 Å². The molecule has 24 heavy (non-hydrogen) atoms. The van der Waals surface area contributed by atoms with Crippen LogP contribution in [0, 0.1) is 12.7 Å². The zero-order valence-electron chi connectivity index (χ0n) is 13.3. The number of carbonyl (C=O) groups excluding carboxylic acids is 1. The third-order valence-electron chi connectivity index (χ3n) is 3.65. The number of amides is 1. The smallest absolute Gasteiger partial charge is 0.251 e. The normalized spacial score (nSPS) is 10.6. The minimum absolute atomic E-state index is 0.303. The highest BCUT2D eigenvalue weighted by Crippen LogP contribution is 2.21. The molecule has 2 aromatic carbocycles. The second-order valence-electron chi connectivity index (χ2n) is 5.40. The van der Waals surface area contributed by atoms with Gasteiger partial charge in [0, 0.05) is 24.1 Å². The van der Waals surface area contributed by atoms with E-state index >= 15 is 0 Å². The number of nitrogens with one attached hydrogen (secondary N) is 1. The van der Waals surface area contributed by atoms with E-state index < -0.39 is 5.82 Å². The Morgan fingerprint density at radius 2 is 1.96 bits per heavy atom. The summed E-state index contributed by atoms with van der Waals surface area (Å²) in [4.78, 5) is 16.5. The van der Waals surface area contributed by atoms with Crippen molar-refractivity contribution in [2.24, 2.45) is 0 Å². The fourth-order valence-corrected chi connectivity index (χ4v) is 2.39. The predicted octanol–water partition coefficient (Wildman–Crippen LogP) is 3.76. The molecule has 0 atom stereocenters. The molecular formula is C19H17FN2O2. The van der Waals surface area contributed by atoms with E-state index in [1.165, 1.54) is 18.2 Å². The average molecular weight is 324 g/mol. The molecule has 0 fully saturated rings. The van der Waals surface area contributed by atoms with Gasteiger partial charge >= 0.3 is 0 Å². The third kappa shape index (κ3) is 3.68. The number of rotatable bonds is 5. The number of aryl methyl sites for hydroxylation is 1. The lowest BCUT2D eigenvalue weighted by Crippen LogP contribution is -2.26. The summed E-state index contributed by atoms with van der Waals surface area (Å²) in [6.07, 6.45) is 0.545. The summed E-state index contributed by atoms with van der Waals surface area (Å²) in [6, 6.07) is 15.3. The lowest BCUT2D eigenvalue weighted by Gasteiger charge is -2.04. The molecule has 1 amide bonds. The van der Waals surface area contributed by atoms with Crippen LogP contribution >= 0.6 is 0 Å². The molecule has 1 N–H and O–H groups in total. The molecule has 0 spiro atoms. The number of benzene rings is 2. The number of hydrogen-bond donors (Lipinski definition) is 1. The Hall–Kier alpha value is -2.95. The molecule has 122 valence electrons. The zero-order chi connectivity index (χ0) is 16.9. The van der Waals surface area contributed by atoms with E-state index in [9.17, 15) is 9.18 Å². The number of oxazole rings is 1. The lowest BCUT2D eigenvalue weighted by atomic mass is 10.2. The fourth-order valence-electron chi connectivity index (χ4n) is 2.39. The first-order valence-electron chi connectivity index (χ1n) is 7.69. The zero-order valence-corrected chi connectivity index (χ0v) is 13.3. The molecule has 0 aliphatic heterocycles. The summed E-state index contributed by atoms with van der Waals surface area (Å²) in [5.41, 5.74) is 2.01. The maximum atomic E-state index is 13.1. The number of hydrogen-bond acceptors (Lipinski definition) is 3. The van der Waals surface area contributed by atoms with Crippen LogP contribution in [0.15, 0.2) is 59.0 Å². The van der Waals surface area contributed by atoms with Crippen molar-refractivity contribution >= 4 is 5.91 Å². The Labute approximate surface area is 139 Å². The van der Waals surface area contributed by atoms with Gasteiger partial charge in [-0.15, -0.1) is 0 Å². The van der Waals surface area contributed by atoms with Crippen LogP contribution in [-0.4, -0.2) is 17.4 Å². The maximum Gasteiger partial charge on any atom is 0.251 e. The Balaban J connectivity index is 1.61. The quantitative estimate of drug-likeness (QED) is 0.777. The first-order valence-corrected chi connectivity index (χ1v) is 7.69. The molecule has 0 radical (unpaired) electrons. The van der Waals surface area contributed by atoms with E-state index in [0.717, 1.165) is 17.0 Å². The van der Waals surface area contributed by atoms with Crippen LogP contribution in [-0.2, 0) is 6.42 Å². The van der Waals surface area contributed by atoms with Crippen molar-refractivity contribution in [1.82, 2.24) is 10.3 Å². The molecule has 0 aliphatic carbocycles. The van der Waals surface area contributed by atoms with Gasteiger partial charge in [0.15, 0.2) is 0 Å². The summed E-state index contributed by atoms with van der Waals surface area (Å²) < 4.78 is 18.8. The molecule has 0 unspecified atom stereocenters. The van der Waals surface area contributed by atoms with Crippen LogP contribution in [0.2, 0.25) is 0 Å². The van der Waals surface area contributed by atoms with Gasteiger partial charge in [0.05, 0.1) is 5.69 Å². The number of aromatic nitrogens is 1. The van der Waals surface area contributed by atoms with E-state index in [1.807, 2.05) is 37.3 Å². The van der Waals surface area contributed by atoms with Crippen LogP contribution in [0.1, 0.15) is 21.8 Å². The molecule has 0 bridgehead atoms. The molecule has 4 nitrogen and oxygen atoms in total. The average Bonchev–Trinajstić information content (AvgIpc) is 2.96. The first kappa shape index (κ1) is 15.9. The van der Waals surface area contributed by atoms with Crippen molar-refractivity contribution in [3.8, 4) is 11.5 Å². The second kappa shape index (κ2) is 7.08. The fraction of sp³-hybridized carbons (Fsp3) is 0.158. The van der Waals surface area contributed by atoms with Crippen LogP contribution in [0.25, 0.3) is 11.5 Å². The lowest BCUT2D eigenvalue weighted by molar-refractivity contribution is 0.0953. The molecule has 0 aliphatic rings. The van der Waals surface area contributed by atoms with Crippen molar-refractivity contribution < 1.29 is 13.6 Å². The number of carbonyl (C=O) groups is 1. The van der Waals surface area contributed by atoms with Crippen molar-refractivity contribution in [2.75, 3.05) is 6.54 Å². The molecule has 0 saturated carbocycles. The van der Waals surface area contributed by atoms with E-state index in [0.29, 0.717) is 24.4 Å². The van der Waals surface area contributed by atoms with Crippen LogP contribution in [0.5, 0.6) is 0 Å². The summed E-state index contributed by atoms with van der Waals surface area (Å²) in [7, 11) is 0. The van der Waals surface area contributed by atoms with E-state index in [1.54, 1.807) is 6.07 Å². The Morgan fingerprint density at radius 3 is 2.71 bits per heavy atom. The molecular weight excluding hydrogens is 307 g/mol. The van der Waals surface area contributed by atoms with Crippen molar-refractivity contribution in [1.29, 1.82) is 0 Å². The Kier molecular flexibility index (Phi) is 4.70. The highest BCUT2D eigenvalue weighted by Gasteiger charge is 2.12. The van der Waals surface area contributed by atoms with Crippen LogP contribution < -0.4 is 5.32 Å². The van der Waals surface area contributed by atoms with Crippen molar-refractivity contribution in [2.45, 2.75) is 13.3 Å². The van der Waals surface area contributed by atoms with Gasteiger partial charge in [-0.3, -0.25) is 4.79 Å². The second-order valence-corrected chi connectivity index (χ2v) is 5.40. The van der Waals surface area contributed by atoms with Gasteiger partial charge in [-0.05, 0) is 37.3 Å². The summed E-state index contributed by atoms with van der Waals surface area (Å²) >= 11 is 0. The third-order valence-corrected chi connectivity index (χ3v) is 3.65. The maximum absolute atomic E-state index is 13.1. The van der Waals surface area contributed by atoms with Gasteiger partial charge in [-0.25, -0.2) is 9.37 Å². The van der Waals surface area contributed by atoms with Crippen molar-refractivity contribution in [3.63, 3.8) is 0 Å². The van der Waals surface area contributed by atoms with Crippen LogP contribution in [0.3, 0.4) is 0 Å². The van der Waals surface area contributed by atoms with E-state index in [-0.39, 0.29) is 5.91 Å². The van der Waals surface area contributed by atoms with Gasteiger partial charge in [0.25, 0.3) is 5.91 Å². The topological polar surface area (TPSA) is 55.1 Å². The molecule has 1 heterocycles. The minimum Gasteiger partial charge on any atom is -0.441 e. The SMILES string of the molecule is Cc1oc(-c2ccccc2)nc1CCNC(=O)c1cccc(F)c1.